The molecule has 1 spiro atoms. The molecule has 2 aromatic carbocycles. The van der Waals surface area contributed by atoms with Crippen molar-refractivity contribution < 1.29 is 19.1 Å². The minimum Gasteiger partial charge on any atom is -0.497 e. The molecule has 0 unspecified atom stereocenters. The van der Waals surface area contributed by atoms with E-state index in [0.29, 0.717) is 24.3 Å². The number of carbonyl (C=O) groups excluding carboxylic acids is 3. The van der Waals surface area contributed by atoms with Crippen molar-refractivity contribution in [1.29, 1.82) is 0 Å². The van der Waals surface area contributed by atoms with Gasteiger partial charge in [0, 0.05) is 5.69 Å². The second kappa shape index (κ2) is 6.42. The van der Waals surface area contributed by atoms with Gasteiger partial charge in [0.25, 0.3) is 5.91 Å². The standard InChI is InChI=1S/C20H19N3O4/c1-27-15-8-6-14(7-9-15)21-17(24)12-23-18(25)20(22-19(23)26)11-10-13-4-2-3-5-16(13)20/h2-9H,10-12H2,1H3,(H,21,24)(H,22,26)/t20-/m0/s1. The van der Waals surface area contributed by atoms with Gasteiger partial charge in [-0.2, -0.15) is 0 Å². The number of hydrogen-bond donors (Lipinski definition) is 2. The van der Waals surface area contributed by atoms with Gasteiger partial charge in [-0.25, -0.2) is 4.79 Å². The van der Waals surface area contributed by atoms with Crippen LogP contribution in [0.15, 0.2) is 48.5 Å². The highest BCUT2D eigenvalue weighted by Gasteiger charge is 2.55. The lowest BCUT2D eigenvalue weighted by Gasteiger charge is -2.22. The summed E-state index contributed by atoms with van der Waals surface area (Å²) in [6.45, 7) is -0.333. The lowest BCUT2D eigenvalue weighted by molar-refractivity contribution is -0.134. The van der Waals surface area contributed by atoms with Crippen LogP contribution in [0.3, 0.4) is 0 Å². The van der Waals surface area contributed by atoms with E-state index in [0.717, 1.165) is 16.0 Å². The molecule has 7 nitrogen and oxygen atoms in total. The maximum absolute atomic E-state index is 13.0. The van der Waals surface area contributed by atoms with Gasteiger partial charge in [0.1, 0.15) is 17.8 Å². The highest BCUT2D eigenvalue weighted by atomic mass is 16.5. The predicted octanol–water partition coefficient (Wildman–Crippen LogP) is 2.03. The Bertz CT molecular complexity index is 925. The summed E-state index contributed by atoms with van der Waals surface area (Å²) in [5.74, 6) is -0.140. The molecule has 0 aromatic heterocycles. The average Bonchev–Trinajstić information content (AvgIpc) is 3.16. The number of nitrogens with zero attached hydrogens (tertiary/aromatic N) is 1. The lowest BCUT2D eigenvalue weighted by Crippen LogP contribution is -2.42. The van der Waals surface area contributed by atoms with Crippen LogP contribution in [0, 0.1) is 0 Å². The third-order valence-electron chi connectivity index (χ3n) is 5.10. The van der Waals surface area contributed by atoms with Gasteiger partial charge >= 0.3 is 6.03 Å². The van der Waals surface area contributed by atoms with Crippen molar-refractivity contribution in [1.82, 2.24) is 10.2 Å². The zero-order valence-electron chi connectivity index (χ0n) is 14.8. The fraction of sp³-hybridized carbons (Fsp3) is 0.250. The van der Waals surface area contributed by atoms with Crippen LogP contribution in [0.25, 0.3) is 0 Å². The van der Waals surface area contributed by atoms with Crippen LogP contribution in [0.1, 0.15) is 17.5 Å². The molecule has 7 heteroatoms. The van der Waals surface area contributed by atoms with E-state index in [1.54, 1.807) is 31.4 Å². The molecule has 1 atom stereocenters. The van der Waals surface area contributed by atoms with Gasteiger partial charge in [-0.3, -0.25) is 14.5 Å². The van der Waals surface area contributed by atoms with Gasteiger partial charge in [0.15, 0.2) is 0 Å². The maximum atomic E-state index is 13.0. The topological polar surface area (TPSA) is 87.7 Å². The number of aryl methyl sites for hydroxylation is 1. The molecule has 2 aromatic rings. The SMILES string of the molecule is COc1ccc(NC(=O)CN2C(=O)N[C@]3(CCc4ccccc43)C2=O)cc1. The Morgan fingerprint density at radius 3 is 2.67 bits per heavy atom. The van der Waals surface area contributed by atoms with Gasteiger partial charge in [-0.05, 0) is 48.2 Å². The van der Waals surface area contributed by atoms with Gasteiger partial charge in [0.05, 0.1) is 7.11 Å². The van der Waals surface area contributed by atoms with E-state index < -0.39 is 17.5 Å². The number of methoxy groups -OCH3 is 1. The highest BCUT2D eigenvalue weighted by molar-refractivity contribution is 6.10. The number of urea groups is 1. The molecule has 1 aliphatic heterocycles. The minimum atomic E-state index is -1.05. The molecule has 0 radical (unpaired) electrons. The first-order chi connectivity index (χ1) is 13.0. The van der Waals surface area contributed by atoms with Gasteiger partial charge in [0.2, 0.25) is 5.91 Å². The van der Waals surface area contributed by atoms with E-state index in [4.69, 9.17) is 4.74 Å². The second-order valence-corrected chi connectivity index (χ2v) is 6.66. The molecule has 2 aliphatic rings. The molecule has 1 saturated heterocycles. The third kappa shape index (κ3) is 2.81. The summed E-state index contributed by atoms with van der Waals surface area (Å²) >= 11 is 0. The average molecular weight is 365 g/mol. The summed E-state index contributed by atoms with van der Waals surface area (Å²) < 4.78 is 5.07. The third-order valence-corrected chi connectivity index (χ3v) is 5.10. The molecular formula is C20H19N3O4. The Morgan fingerprint density at radius 1 is 1.19 bits per heavy atom. The Labute approximate surface area is 156 Å². The van der Waals surface area contributed by atoms with E-state index in [1.165, 1.54) is 0 Å². The summed E-state index contributed by atoms with van der Waals surface area (Å²) in [5.41, 5.74) is 1.39. The number of benzene rings is 2. The van der Waals surface area contributed by atoms with Crippen molar-refractivity contribution in [2.75, 3.05) is 19.0 Å². The van der Waals surface area contributed by atoms with Gasteiger partial charge < -0.3 is 15.4 Å². The minimum absolute atomic E-state index is 0.333. The van der Waals surface area contributed by atoms with E-state index >= 15 is 0 Å². The number of anilines is 1. The van der Waals surface area contributed by atoms with Crippen molar-refractivity contribution >= 4 is 23.5 Å². The zero-order chi connectivity index (χ0) is 19.0. The summed E-state index contributed by atoms with van der Waals surface area (Å²) in [4.78, 5) is 38.8. The van der Waals surface area contributed by atoms with Crippen molar-refractivity contribution in [3.05, 3.63) is 59.7 Å². The molecule has 0 saturated carbocycles. The number of nitrogens with one attached hydrogen (secondary N) is 2. The Kier molecular flexibility index (Phi) is 4.07. The van der Waals surface area contributed by atoms with E-state index in [-0.39, 0.29) is 12.5 Å². The van der Waals surface area contributed by atoms with Gasteiger partial charge in [-0.1, -0.05) is 24.3 Å². The molecule has 0 bridgehead atoms. The van der Waals surface area contributed by atoms with Crippen LogP contribution in [-0.4, -0.2) is 36.4 Å². The Morgan fingerprint density at radius 2 is 1.93 bits per heavy atom. The molecule has 1 fully saturated rings. The fourth-order valence-electron chi connectivity index (χ4n) is 3.75. The van der Waals surface area contributed by atoms with E-state index in [9.17, 15) is 14.4 Å². The second-order valence-electron chi connectivity index (χ2n) is 6.66. The number of carbonyl (C=O) groups is 3. The van der Waals surface area contributed by atoms with Crippen molar-refractivity contribution in [2.24, 2.45) is 0 Å². The molecule has 1 aliphatic carbocycles. The Hall–Kier alpha value is -3.35. The van der Waals surface area contributed by atoms with Gasteiger partial charge in [-0.15, -0.1) is 0 Å². The molecule has 4 amide bonds. The molecule has 138 valence electrons. The molecule has 27 heavy (non-hydrogen) atoms. The smallest absolute Gasteiger partial charge is 0.325 e. The summed E-state index contributed by atoms with van der Waals surface area (Å²) in [7, 11) is 1.56. The normalized spacial score (nSPS) is 20.6. The first-order valence-electron chi connectivity index (χ1n) is 8.70. The van der Waals surface area contributed by atoms with Crippen molar-refractivity contribution in [2.45, 2.75) is 18.4 Å². The zero-order valence-corrected chi connectivity index (χ0v) is 14.8. The van der Waals surface area contributed by atoms with E-state index in [2.05, 4.69) is 10.6 Å². The first-order valence-corrected chi connectivity index (χ1v) is 8.70. The van der Waals surface area contributed by atoms with Crippen molar-refractivity contribution in [3.63, 3.8) is 0 Å². The number of hydrogen-bond acceptors (Lipinski definition) is 4. The van der Waals surface area contributed by atoms with Crippen LogP contribution in [0.4, 0.5) is 10.5 Å². The maximum Gasteiger partial charge on any atom is 0.325 e. The summed E-state index contributed by atoms with van der Waals surface area (Å²) in [6.07, 6.45) is 1.22. The largest absolute Gasteiger partial charge is 0.497 e. The molecule has 1 heterocycles. The first kappa shape index (κ1) is 17.1. The van der Waals surface area contributed by atoms with Crippen LogP contribution >= 0.6 is 0 Å². The van der Waals surface area contributed by atoms with Crippen LogP contribution in [-0.2, 0) is 21.5 Å². The Balaban J connectivity index is 1.49. The van der Waals surface area contributed by atoms with Crippen LogP contribution in [0.5, 0.6) is 5.75 Å². The monoisotopic (exact) mass is 365 g/mol. The highest BCUT2D eigenvalue weighted by Crippen LogP contribution is 2.41. The number of imide groups is 1. The molecule has 4 rings (SSSR count). The van der Waals surface area contributed by atoms with Crippen molar-refractivity contribution in [3.8, 4) is 5.75 Å². The van der Waals surface area contributed by atoms with E-state index in [1.807, 2.05) is 24.3 Å². The van der Waals surface area contributed by atoms with Crippen LogP contribution < -0.4 is 15.4 Å². The summed E-state index contributed by atoms with van der Waals surface area (Å²) in [6, 6.07) is 13.9. The number of amides is 4. The summed E-state index contributed by atoms with van der Waals surface area (Å²) in [5, 5.41) is 5.50. The molecule has 2 N–H and O–H groups in total. The number of ether oxygens (including phenoxy) is 1. The quantitative estimate of drug-likeness (QED) is 0.812. The van der Waals surface area contributed by atoms with Crippen LogP contribution in [0.2, 0.25) is 0 Å². The fourth-order valence-corrected chi connectivity index (χ4v) is 3.75. The molecular weight excluding hydrogens is 346 g/mol. The number of fused-ring (bicyclic) bond motifs is 2. The predicted molar refractivity (Wildman–Crippen MR) is 98.3 cm³/mol. The number of rotatable bonds is 4. The lowest BCUT2D eigenvalue weighted by atomic mass is 9.92.